The normalized spacial score (nSPS) is 16.2. The molecule has 9 nitrogen and oxygen atoms in total. The van der Waals surface area contributed by atoms with Gasteiger partial charge in [-0.2, -0.15) is 4.31 Å². The van der Waals surface area contributed by atoms with Gasteiger partial charge in [0.15, 0.2) is 5.58 Å². The number of piperidine rings is 1. The molecule has 0 amide bonds. The molecule has 160 valence electrons. The lowest BCUT2D eigenvalue weighted by molar-refractivity contribution is 0.180. The van der Waals surface area contributed by atoms with E-state index >= 15 is 0 Å². The van der Waals surface area contributed by atoms with Gasteiger partial charge >= 0.3 is 5.76 Å². The van der Waals surface area contributed by atoms with Gasteiger partial charge in [-0.05, 0) is 50.8 Å². The van der Waals surface area contributed by atoms with E-state index in [1.807, 2.05) is 13.8 Å². The number of hydrogen-bond donors (Lipinski definition) is 0. The van der Waals surface area contributed by atoms with Crippen LogP contribution < -0.4 is 10.5 Å². The number of rotatable bonds is 5. The van der Waals surface area contributed by atoms with Gasteiger partial charge in [-0.1, -0.05) is 0 Å². The molecule has 1 aliphatic heterocycles. The summed E-state index contributed by atoms with van der Waals surface area (Å²) in [5.41, 5.74) is 2.63. The molecule has 0 aliphatic carbocycles. The van der Waals surface area contributed by atoms with Gasteiger partial charge in [0, 0.05) is 31.4 Å². The van der Waals surface area contributed by atoms with Gasteiger partial charge in [0.05, 0.1) is 17.0 Å². The molecule has 1 aromatic carbocycles. The fourth-order valence-corrected chi connectivity index (χ4v) is 5.08. The van der Waals surface area contributed by atoms with E-state index in [0.29, 0.717) is 49.5 Å². The summed E-state index contributed by atoms with van der Waals surface area (Å²) < 4.78 is 39.9. The number of aromatic nitrogens is 3. The van der Waals surface area contributed by atoms with Gasteiger partial charge in [-0.3, -0.25) is 4.57 Å². The Balaban J connectivity index is 1.42. The number of hydrogen-bond acceptors (Lipinski definition) is 7. The maximum atomic E-state index is 13.1. The van der Waals surface area contributed by atoms with Crippen LogP contribution in [0.3, 0.4) is 0 Å². The van der Waals surface area contributed by atoms with Crippen LogP contribution in [-0.2, 0) is 17.1 Å². The van der Waals surface area contributed by atoms with Crippen molar-refractivity contribution in [3.63, 3.8) is 0 Å². The van der Waals surface area contributed by atoms with E-state index in [4.69, 9.17) is 9.15 Å². The van der Waals surface area contributed by atoms with Crippen LogP contribution in [0.2, 0.25) is 0 Å². The molecule has 0 saturated carbocycles. The molecule has 10 heteroatoms. The summed E-state index contributed by atoms with van der Waals surface area (Å²) in [5, 5.41) is 0. The molecule has 0 N–H and O–H groups in total. The first kappa shape index (κ1) is 20.5. The second-order valence-corrected chi connectivity index (χ2v) is 9.54. The van der Waals surface area contributed by atoms with Crippen molar-refractivity contribution in [3.05, 3.63) is 46.3 Å². The zero-order valence-electron chi connectivity index (χ0n) is 17.2. The number of benzene rings is 1. The predicted octanol–water partition coefficient (Wildman–Crippen LogP) is 2.02. The Labute approximate surface area is 174 Å². The number of fused-ring (bicyclic) bond motifs is 1. The quantitative estimate of drug-likeness (QED) is 0.607. The van der Waals surface area contributed by atoms with Crippen LogP contribution in [0.15, 0.2) is 38.6 Å². The lowest BCUT2D eigenvalue weighted by atomic mass is 9.99. The summed E-state index contributed by atoms with van der Waals surface area (Å²) in [6.07, 6.45) is 2.89. The van der Waals surface area contributed by atoms with Gasteiger partial charge in [-0.25, -0.2) is 23.2 Å². The highest BCUT2D eigenvalue weighted by Crippen LogP contribution is 2.27. The standard InChI is InChI=1S/C20H24N4O5S/c1-13-14(2)21-12-22-19(13)28-11-15-6-8-24(9-7-15)30(26,27)16-4-5-18-17(10-16)23(3)20(25)29-18/h4-5,10,12,15H,6-9,11H2,1-3H3. The van der Waals surface area contributed by atoms with Gasteiger partial charge in [0.2, 0.25) is 15.9 Å². The predicted molar refractivity (Wildman–Crippen MR) is 110 cm³/mol. The Morgan fingerprint density at radius 3 is 2.67 bits per heavy atom. The van der Waals surface area contributed by atoms with Crippen molar-refractivity contribution in [2.24, 2.45) is 13.0 Å². The molecule has 1 aliphatic rings. The highest BCUT2D eigenvalue weighted by molar-refractivity contribution is 7.89. The van der Waals surface area contributed by atoms with Gasteiger partial charge < -0.3 is 9.15 Å². The first-order chi connectivity index (χ1) is 14.3. The van der Waals surface area contributed by atoms with Crippen LogP contribution in [0.25, 0.3) is 11.1 Å². The minimum Gasteiger partial charge on any atom is -0.477 e. The third kappa shape index (κ3) is 3.72. The lowest BCUT2D eigenvalue weighted by Gasteiger charge is -2.31. The Morgan fingerprint density at radius 1 is 1.20 bits per heavy atom. The molecule has 0 atom stereocenters. The number of nitrogens with zero attached hydrogens (tertiary/aromatic N) is 4. The lowest BCUT2D eigenvalue weighted by Crippen LogP contribution is -2.39. The smallest absolute Gasteiger partial charge is 0.419 e. The molecule has 1 saturated heterocycles. The Bertz CT molecular complexity index is 1240. The summed E-state index contributed by atoms with van der Waals surface area (Å²) in [6, 6.07) is 4.50. The van der Waals surface area contributed by atoms with Crippen molar-refractivity contribution in [2.45, 2.75) is 31.6 Å². The molecule has 1 fully saturated rings. The van der Waals surface area contributed by atoms with E-state index in [9.17, 15) is 13.2 Å². The average molecular weight is 433 g/mol. The third-order valence-electron chi connectivity index (χ3n) is 5.72. The van der Waals surface area contributed by atoms with E-state index in [-0.39, 0.29) is 10.8 Å². The van der Waals surface area contributed by atoms with E-state index in [1.54, 1.807) is 7.05 Å². The van der Waals surface area contributed by atoms with Crippen molar-refractivity contribution in [2.75, 3.05) is 19.7 Å². The zero-order chi connectivity index (χ0) is 21.5. The van der Waals surface area contributed by atoms with Crippen LogP contribution in [0.1, 0.15) is 24.1 Å². The fourth-order valence-electron chi connectivity index (χ4n) is 3.59. The molecule has 3 heterocycles. The minimum atomic E-state index is -3.65. The van der Waals surface area contributed by atoms with Gasteiger partial charge in [-0.15, -0.1) is 0 Å². The molecule has 30 heavy (non-hydrogen) atoms. The van der Waals surface area contributed by atoms with Crippen molar-refractivity contribution >= 4 is 21.1 Å². The largest absolute Gasteiger partial charge is 0.477 e. The van der Waals surface area contributed by atoms with E-state index in [0.717, 1.165) is 11.3 Å². The van der Waals surface area contributed by atoms with Crippen LogP contribution in [0.4, 0.5) is 0 Å². The first-order valence-corrected chi connectivity index (χ1v) is 11.2. The molecule has 0 radical (unpaired) electrons. The number of ether oxygens (including phenoxy) is 1. The Hall–Kier alpha value is -2.72. The van der Waals surface area contributed by atoms with Crippen LogP contribution in [-0.4, -0.2) is 47.0 Å². The number of sulfonamides is 1. The van der Waals surface area contributed by atoms with Crippen molar-refractivity contribution in [3.8, 4) is 5.88 Å². The van der Waals surface area contributed by atoms with Crippen LogP contribution in [0.5, 0.6) is 5.88 Å². The van der Waals surface area contributed by atoms with Crippen molar-refractivity contribution < 1.29 is 17.6 Å². The Morgan fingerprint density at radius 2 is 1.93 bits per heavy atom. The second kappa shape index (κ2) is 7.84. The third-order valence-corrected chi connectivity index (χ3v) is 7.61. The summed E-state index contributed by atoms with van der Waals surface area (Å²) in [7, 11) is -2.10. The van der Waals surface area contributed by atoms with E-state index < -0.39 is 15.8 Å². The molecule has 3 aromatic rings. The highest BCUT2D eigenvalue weighted by Gasteiger charge is 2.30. The monoisotopic (exact) mass is 432 g/mol. The maximum absolute atomic E-state index is 13.1. The molecule has 0 unspecified atom stereocenters. The maximum Gasteiger partial charge on any atom is 0.419 e. The molecule has 0 spiro atoms. The van der Waals surface area contributed by atoms with Gasteiger partial charge in [0.25, 0.3) is 0 Å². The van der Waals surface area contributed by atoms with Crippen LogP contribution >= 0.6 is 0 Å². The SMILES string of the molecule is Cc1ncnc(OCC2CCN(S(=O)(=O)c3ccc4oc(=O)n(C)c4c3)CC2)c1C. The molecular formula is C20H24N4O5S. The summed E-state index contributed by atoms with van der Waals surface area (Å²) in [5.74, 6) is 0.314. The molecule has 0 bridgehead atoms. The fraction of sp³-hybridized carbons (Fsp3) is 0.450. The average Bonchev–Trinajstić information content (AvgIpc) is 3.02. The van der Waals surface area contributed by atoms with Gasteiger partial charge in [0.1, 0.15) is 6.33 Å². The highest BCUT2D eigenvalue weighted by atomic mass is 32.2. The summed E-state index contributed by atoms with van der Waals surface area (Å²) in [6.45, 7) is 5.16. The zero-order valence-corrected chi connectivity index (χ0v) is 18.0. The second-order valence-electron chi connectivity index (χ2n) is 7.60. The van der Waals surface area contributed by atoms with E-state index in [1.165, 1.54) is 33.4 Å². The Kier molecular flexibility index (Phi) is 5.37. The number of aryl methyl sites for hydroxylation is 2. The first-order valence-electron chi connectivity index (χ1n) is 9.78. The van der Waals surface area contributed by atoms with Crippen molar-refractivity contribution in [1.82, 2.24) is 18.8 Å². The van der Waals surface area contributed by atoms with Crippen molar-refractivity contribution in [1.29, 1.82) is 0 Å². The topological polar surface area (TPSA) is 108 Å². The number of oxazole rings is 1. The molecule has 4 rings (SSSR count). The van der Waals surface area contributed by atoms with E-state index in [2.05, 4.69) is 9.97 Å². The molecule has 2 aromatic heterocycles. The summed E-state index contributed by atoms with van der Waals surface area (Å²) in [4.78, 5) is 20.1. The molecular weight excluding hydrogens is 408 g/mol. The van der Waals surface area contributed by atoms with Crippen LogP contribution in [0, 0.1) is 19.8 Å². The summed E-state index contributed by atoms with van der Waals surface area (Å²) >= 11 is 0. The minimum absolute atomic E-state index is 0.160.